The van der Waals surface area contributed by atoms with Crippen LogP contribution in [0.3, 0.4) is 0 Å². The van der Waals surface area contributed by atoms with Crippen LogP contribution in [0, 0.1) is 11.3 Å². The number of hydrogen-bond acceptors (Lipinski definition) is 6. The number of hydrogen-bond donors (Lipinski definition) is 2. The van der Waals surface area contributed by atoms with E-state index >= 15 is 0 Å². The monoisotopic (exact) mass is 373 g/mol. The highest BCUT2D eigenvalue weighted by Gasteiger charge is 2.09. The van der Waals surface area contributed by atoms with Crippen LogP contribution < -0.4 is 15.4 Å². The molecule has 0 saturated heterocycles. The second-order valence-corrected chi connectivity index (χ2v) is 6.26. The van der Waals surface area contributed by atoms with Crippen LogP contribution in [0.15, 0.2) is 60.7 Å². The molecule has 28 heavy (non-hydrogen) atoms. The fraction of sp³-hybridized carbons (Fsp3) is 0.143. The van der Waals surface area contributed by atoms with E-state index in [9.17, 15) is 4.79 Å². The molecule has 2 aromatic carbocycles. The van der Waals surface area contributed by atoms with E-state index in [1.165, 1.54) is 0 Å². The summed E-state index contributed by atoms with van der Waals surface area (Å²) >= 11 is 0. The molecule has 3 rings (SSSR count). The minimum absolute atomic E-state index is 0.118. The Bertz CT molecular complexity index is 975. The van der Waals surface area contributed by atoms with E-state index in [4.69, 9.17) is 10.00 Å². The molecule has 0 radical (unpaired) electrons. The molecule has 0 aliphatic carbocycles. The van der Waals surface area contributed by atoms with Gasteiger partial charge in [0.15, 0.2) is 11.5 Å². The van der Waals surface area contributed by atoms with Gasteiger partial charge in [-0.15, -0.1) is 10.2 Å². The van der Waals surface area contributed by atoms with Crippen molar-refractivity contribution in [1.82, 2.24) is 10.2 Å². The number of nitrogens with zero attached hydrogens (tertiary/aromatic N) is 3. The zero-order chi connectivity index (χ0) is 19.9. The maximum atomic E-state index is 12.3. The largest absolute Gasteiger partial charge is 0.491 e. The van der Waals surface area contributed by atoms with Gasteiger partial charge in [0.2, 0.25) is 0 Å². The van der Waals surface area contributed by atoms with Crippen LogP contribution in [0.2, 0.25) is 0 Å². The Morgan fingerprint density at radius 1 is 0.964 bits per heavy atom. The lowest BCUT2D eigenvalue weighted by atomic mass is 10.2. The van der Waals surface area contributed by atoms with Crippen LogP contribution in [0.5, 0.6) is 5.75 Å². The Kier molecular flexibility index (Phi) is 5.82. The first-order valence-corrected chi connectivity index (χ1v) is 8.72. The van der Waals surface area contributed by atoms with Crippen LogP contribution >= 0.6 is 0 Å². The van der Waals surface area contributed by atoms with Crippen molar-refractivity contribution in [2.45, 2.75) is 20.0 Å². The summed E-state index contributed by atoms with van der Waals surface area (Å²) in [5.41, 5.74) is 2.13. The Labute approximate surface area is 163 Å². The van der Waals surface area contributed by atoms with Crippen LogP contribution in [-0.4, -0.2) is 22.2 Å². The average molecular weight is 373 g/mol. The van der Waals surface area contributed by atoms with E-state index in [1.54, 1.807) is 36.4 Å². The number of nitriles is 1. The molecule has 2 N–H and O–H groups in total. The third-order valence-electron chi connectivity index (χ3n) is 3.67. The van der Waals surface area contributed by atoms with Crippen molar-refractivity contribution < 1.29 is 9.53 Å². The highest BCUT2D eigenvalue weighted by molar-refractivity contribution is 6.02. The Morgan fingerprint density at radius 2 is 1.64 bits per heavy atom. The quantitative estimate of drug-likeness (QED) is 0.674. The first kappa shape index (κ1) is 18.9. The normalized spacial score (nSPS) is 10.2. The van der Waals surface area contributed by atoms with Crippen molar-refractivity contribution in [3.05, 3.63) is 71.9 Å². The maximum absolute atomic E-state index is 12.3. The number of nitrogens with one attached hydrogen (secondary N) is 2. The lowest BCUT2D eigenvalue weighted by Gasteiger charge is -2.11. The SMILES string of the molecule is CC(C)Oc1ccc(Nc2ccc(C(=O)Nc3ccc(C#N)cc3)nn2)cc1. The number of benzene rings is 2. The molecule has 0 saturated carbocycles. The van der Waals surface area contributed by atoms with E-state index in [1.807, 2.05) is 44.2 Å². The van der Waals surface area contributed by atoms with Crippen molar-refractivity contribution in [2.24, 2.45) is 0 Å². The van der Waals surface area contributed by atoms with Gasteiger partial charge in [-0.05, 0) is 74.5 Å². The first-order chi connectivity index (χ1) is 13.5. The minimum atomic E-state index is -0.376. The fourth-order valence-corrected chi connectivity index (χ4v) is 2.38. The molecule has 0 atom stereocenters. The molecule has 1 aromatic heterocycles. The lowest BCUT2D eigenvalue weighted by molar-refractivity contribution is 0.102. The van der Waals surface area contributed by atoms with Crippen LogP contribution in [-0.2, 0) is 0 Å². The molecule has 0 aliphatic heterocycles. The molecular formula is C21H19N5O2. The van der Waals surface area contributed by atoms with Crippen molar-refractivity contribution in [3.63, 3.8) is 0 Å². The summed E-state index contributed by atoms with van der Waals surface area (Å²) in [6.45, 7) is 3.95. The summed E-state index contributed by atoms with van der Waals surface area (Å²) in [7, 11) is 0. The van der Waals surface area contributed by atoms with Crippen molar-refractivity contribution in [2.75, 3.05) is 10.6 Å². The van der Waals surface area contributed by atoms with Crippen molar-refractivity contribution in [1.29, 1.82) is 5.26 Å². The van der Waals surface area contributed by atoms with E-state index in [2.05, 4.69) is 20.8 Å². The minimum Gasteiger partial charge on any atom is -0.491 e. The molecule has 140 valence electrons. The fourth-order valence-electron chi connectivity index (χ4n) is 2.38. The Balaban J connectivity index is 1.60. The summed E-state index contributed by atoms with van der Waals surface area (Å²) in [5.74, 6) is 0.938. The van der Waals surface area contributed by atoms with Gasteiger partial charge >= 0.3 is 0 Å². The molecule has 0 fully saturated rings. The van der Waals surface area contributed by atoms with E-state index in [-0.39, 0.29) is 17.7 Å². The van der Waals surface area contributed by atoms with E-state index in [0.29, 0.717) is 17.1 Å². The van der Waals surface area contributed by atoms with Gasteiger partial charge in [-0.25, -0.2) is 0 Å². The van der Waals surface area contributed by atoms with E-state index in [0.717, 1.165) is 11.4 Å². The van der Waals surface area contributed by atoms with Gasteiger partial charge in [0.05, 0.1) is 17.7 Å². The highest BCUT2D eigenvalue weighted by atomic mass is 16.5. The maximum Gasteiger partial charge on any atom is 0.276 e. The molecule has 7 nitrogen and oxygen atoms in total. The Morgan fingerprint density at radius 3 is 2.21 bits per heavy atom. The predicted octanol–water partition coefficient (Wildman–Crippen LogP) is 4.13. The zero-order valence-corrected chi connectivity index (χ0v) is 15.5. The average Bonchev–Trinajstić information content (AvgIpc) is 2.70. The van der Waals surface area contributed by atoms with Crippen molar-refractivity contribution in [3.8, 4) is 11.8 Å². The van der Waals surface area contributed by atoms with Gasteiger partial charge < -0.3 is 15.4 Å². The molecule has 1 heterocycles. The number of ether oxygens (including phenoxy) is 1. The number of carbonyl (C=O) groups excluding carboxylic acids is 1. The van der Waals surface area contributed by atoms with Gasteiger partial charge in [-0.2, -0.15) is 5.26 Å². The molecule has 0 aliphatic rings. The number of anilines is 3. The highest BCUT2D eigenvalue weighted by Crippen LogP contribution is 2.19. The lowest BCUT2D eigenvalue weighted by Crippen LogP contribution is -2.14. The summed E-state index contributed by atoms with van der Waals surface area (Å²) in [6, 6.07) is 19.4. The van der Waals surface area contributed by atoms with E-state index < -0.39 is 0 Å². The van der Waals surface area contributed by atoms with Crippen LogP contribution in [0.25, 0.3) is 0 Å². The van der Waals surface area contributed by atoms with Gasteiger partial charge in [0.25, 0.3) is 5.91 Å². The second-order valence-electron chi connectivity index (χ2n) is 6.26. The molecule has 0 spiro atoms. The number of aromatic nitrogens is 2. The van der Waals surface area contributed by atoms with Gasteiger partial charge in [0, 0.05) is 11.4 Å². The third kappa shape index (κ3) is 5.05. The molecule has 0 bridgehead atoms. The molecule has 0 unspecified atom stereocenters. The second kappa shape index (κ2) is 8.64. The zero-order valence-electron chi connectivity index (χ0n) is 15.5. The first-order valence-electron chi connectivity index (χ1n) is 8.72. The smallest absolute Gasteiger partial charge is 0.276 e. The molecule has 3 aromatic rings. The number of amides is 1. The topological polar surface area (TPSA) is 99.9 Å². The standard InChI is InChI=1S/C21H19N5O2/c1-14(2)28-18-9-7-16(8-10-18)23-20-12-11-19(25-26-20)21(27)24-17-5-3-15(13-22)4-6-17/h3-12,14H,1-2H3,(H,23,26)(H,24,27). The molecule has 7 heteroatoms. The van der Waals surface area contributed by atoms with Crippen molar-refractivity contribution >= 4 is 23.1 Å². The summed E-state index contributed by atoms with van der Waals surface area (Å²) in [6.07, 6.45) is 0.118. The summed E-state index contributed by atoms with van der Waals surface area (Å²) in [4.78, 5) is 12.3. The van der Waals surface area contributed by atoms with Crippen LogP contribution in [0.1, 0.15) is 29.9 Å². The van der Waals surface area contributed by atoms with Crippen LogP contribution in [0.4, 0.5) is 17.2 Å². The molecule has 1 amide bonds. The number of carbonyl (C=O) groups is 1. The third-order valence-corrected chi connectivity index (χ3v) is 3.67. The Hall–Kier alpha value is -3.92. The summed E-state index contributed by atoms with van der Waals surface area (Å²) < 4.78 is 5.61. The van der Waals surface area contributed by atoms with Gasteiger partial charge in [-0.1, -0.05) is 0 Å². The molecular weight excluding hydrogens is 354 g/mol. The predicted molar refractivity (Wildman–Crippen MR) is 107 cm³/mol. The van der Waals surface area contributed by atoms with Gasteiger partial charge in [-0.3, -0.25) is 4.79 Å². The summed E-state index contributed by atoms with van der Waals surface area (Å²) in [5, 5.41) is 22.6. The van der Waals surface area contributed by atoms with Gasteiger partial charge in [0.1, 0.15) is 5.75 Å². The number of rotatable bonds is 6.